The molecule has 0 saturated carbocycles. The minimum absolute atomic E-state index is 0.0137. The van der Waals surface area contributed by atoms with Gasteiger partial charge in [0.2, 0.25) is 5.91 Å². The molecule has 0 atom stereocenters. The third kappa shape index (κ3) is 5.48. The SMILES string of the molecule is COC(=O)CCC(=O)N1CCC(Oc2cc(C)ccc2C(C)(C)C)CC1. The zero-order valence-corrected chi connectivity index (χ0v) is 16.6. The molecule has 1 saturated heterocycles. The fourth-order valence-electron chi connectivity index (χ4n) is 3.22. The number of nitrogens with zero attached hydrogens (tertiary/aromatic N) is 1. The third-order valence-electron chi connectivity index (χ3n) is 4.80. The molecule has 5 heteroatoms. The monoisotopic (exact) mass is 361 g/mol. The molecule has 144 valence electrons. The Morgan fingerprint density at radius 1 is 1.15 bits per heavy atom. The lowest BCUT2D eigenvalue weighted by Gasteiger charge is -2.33. The second-order valence-electron chi connectivity index (χ2n) is 8.02. The van der Waals surface area contributed by atoms with Crippen LogP contribution in [0.25, 0.3) is 0 Å². The van der Waals surface area contributed by atoms with Gasteiger partial charge in [-0.15, -0.1) is 0 Å². The van der Waals surface area contributed by atoms with E-state index in [4.69, 9.17) is 4.74 Å². The van der Waals surface area contributed by atoms with E-state index in [0.717, 1.165) is 18.6 Å². The topological polar surface area (TPSA) is 55.8 Å². The van der Waals surface area contributed by atoms with Crippen molar-refractivity contribution in [2.45, 2.75) is 64.9 Å². The summed E-state index contributed by atoms with van der Waals surface area (Å²) in [4.78, 5) is 25.2. The normalized spacial score (nSPS) is 15.7. The van der Waals surface area contributed by atoms with Crippen molar-refractivity contribution in [3.63, 3.8) is 0 Å². The average molecular weight is 361 g/mol. The number of hydrogen-bond acceptors (Lipinski definition) is 4. The maximum Gasteiger partial charge on any atom is 0.306 e. The maximum absolute atomic E-state index is 12.2. The van der Waals surface area contributed by atoms with Crippen molar-refractivity contribution in [3.05, 3.63) is 29.3 Å². The van der Waals surface area contributed by atoms with Crippen LogP contribution in [-0.4, -0.2) is 43.1 Å². The summed E-state index contributed by atoms with van der Waals surface area (Å²) in [6, 6.07) is 6.38. The molecule has 1 aliphatic heterocycles. The molecule has 1 aromatic carbocycles. The van der Waals surface area contributed by atoms with Crippen molar-refractivity contribution < 1.29 is 19.1 Å². The van der Waals surface area contributed by atoms with E-state index in [0.29, 0.717) is 13.1 Å². The number of esters is 1. The van der Waals surface area contributed by atoms with E-state index in [1.807, 2.05) is 4.90 Å². The van der Waals surface area contributed by atoms with E-state index in [1.54, 1.807) is 0 Å². The lowest BCUT2D eigenvalue weighted by Crippen LogP contribution is -2.42. The first-order valence-corrected chi connectivity index (χ1v) is 9.33. The molecule has 5 nitrogen and oxygen atoms in total. The van der Waals surface area contributed by atoms with Gasteiger partial charge in [0, 0.05) is 32.4 Å². The lowest BCUT2D eigenvalue weighted by molar-refractivity contribution is -0.144. The number of rotatable bonds is 5. The van der Waals surface area contributed by atoms with Crippen LogP contribution >= 0.6 is 0 Å². The number of likely N-dealkylation sites (tertiary alicyclic amines) is 1. The summed E-state index contributed by atoms with van der Waals surface area (Å²) in [7, 11) is 1.34. The predicted molar refractivity (Wildman–Crippen MR) is 101 cm³/mol. The Morgan fingerprint density at radius 2 is 1.81 bits per heavy atom. The van der Waals surface area contributed by atoms with Crippen LogP contribution in [0.3, 0.4) is 0 Å². The highest BCUT2D eigenvalue weighted by atomic mass is 16.5. The lowest BCUT2D eigenvalue weighted by atomic mass is 9.86. The summed E-state index contributed by atoms with van der Waals surface area (Å²) in [5.74, 6) is 0.624. The first kappa shape index (κ1) is 20.3. The van der Waals surface area contributed by atoms with Crippen LogP contribution in [0, 0.1) is 6.92 Å². The Hall–Kier alpha value is -2.04. The smallest absolute Gasteiger partial charge is 0.306 e. The fourth-order valence-corrected chi connectivity index (χ4v) is 3.22. The van der Waals surface area contributed by atoms with Gasteiger partial charge in [-0.05, 0) is 29.5 Å². The van der Waals surface area contributed by atoms with Crippen molar-refractivity contribution in [1.82, 2.24) is 4.90 Å². The first-order chi connectivity index (χ1) is 12.2. The van der Waals surface area contributed by atoms with Gasteiger partial charge in [0.05, 0.1) is 13.5 Å². The van der Waals surface area contributed by atoms with Crippen molar-refractivity contribution in [2.24, 2.45) is 0 Å². The summed E-state index contributed by atoms with van der Waals surface area (Å²) in [6.45, 7) is 9.97. The van der Waals surface area contributed by atoms with Crippen LogP contribution in [0.15, 0.2) is 18.2 Å². The van der Waals surface area contributed by atoms with Gasteiger partial charge in [0.1, 0.15) is 11.9 Å². The fraction of sp³-hybridized carbons (Fsp3) is 0.619. The molecule has 26 heavy (non-hydrogen) atoms. The standard InChI is InChI=1S/C21H31NO4/c1-15-6-7-17(21(2,3)4)18(14-15)26-16-10-12-22(13-11-16)19(23)8-9-20(24)25-5/h6-7,14,16H,8-13H2,1-5H3. The molecule has 2 rings (SSSR count). The number of piperidine rings is 1. The molecule has 1 aliphatic rings. The highest BCUT2D eigenvalue weighted by Gasteiger charge is 2.26. The van der Waals surface area contributed by atoms with Crippen molar-refractivity contribution >= 4 is 11.9 Å². The van der Waals surface area contributed by atoms with Crippen molar-refractivity contribution in [1.29, 1.82) is 0 Å². The molecule has 1 fully saturated rings. The molecular formula is C21H31NO4. The van der Waals surface area contributed by atoms with E-state index < -0.39 is 0 Å². The van der Waals surface area contributed by atoms with E-state index in [2.05, 4.69) is 50.6 Å². The van der Waals surface area contributed by atoms with Crippen LogP contribution in [-0.2, 0) is 19.7 Å². The Labute approximate surface area is 156 Å². The van der Waals surface area contributed by atoms with E-state index in [1.165, 1.54) is 18.2 Å². The molecule has 0 radical (unpaired) electrons. The molecule has 0 aliphatic carbocycles. The van der Waals surface area contributed by atoms with Gasteiger partial charge in [0.15, 0.2) is 0 Å². The molecule has 0 spiro atoms. The highest BCUT2D eigenvalue weighted by Crippen LogP contribution is 2.33. The second kappa shape index (κ2) is 8.56. The van der Waals surface area contributed by atoms with Crippen molar-refractivity contribution in [3.8, 4) is 5.75 Å². The number of amides is 1. The zero-order valence-electron chi connectivity index (χ0n) is 16.6. The van der Waals surface area contributed by atoms with Gasteiger partial charge in [-0.25, -0.2) is 0 Å². The molecule has 0 unspecified atom stereocenters. The quantitative estimate of drug-likeness (QED) is 0.752. The average Bonchev–Trinajstić information content (AvgIpc) is 2.59. The number of methoxy groups -OCH3 is 1. The van der Waals surface area contributed by atoms with E-state index in [9.17, 15) is 9.59 Å². The van der Waals surface area contributed by atoms with E-state index in [-0.39, 0.29) is 36.2 Å². The second-order valence-corrected chi connectivity index (χ2v) is 8.02. The van der Waals surface area contributed by atoms with Gasteiger partial charge >= 0.3 is 5.97 Å². The molecule has 0 N–H and O–H groups in total. The summed E-state index contributed by atoms with van der Waals surface area (Å²) in [6.07, 6.45) is 2.08. The van der Waals surface area contributed by atoms with Crippen molar-refractivity contribution in [2.75, 3.05) is 20.2 Å². The largest absolute Gasteiger partial charge is 0.490 e. The summed E-state index contributed by atoms with van der Waals surface area (Å²) in [5.41, 5.74) is 2.41. The molecule has 1 aromatic rings. The van der Waals surface area contributed by atoms with Gasteiger partial charge in [-0.1, -0.05) is 32.9 Å². The van der Waals surface area contributed by atoms with Gasteiger partial charge in [0.25, 0.3) is 0 Å². The Kier molecular flexibility index (Phi) is 6.68. The van der Waals surface area contributed by atoms with Crippen LogP contribution in [0.2, 0.25) is 0 Å². The molecule has 1 heterocycles. The Bertz CT molecular complexity index is 640. The first-order valence-electron chi connectivity index (χ1n) is 9.33. The highest BCUT2D eigenvalue weighted by molar-refractivity contribution is 5.81. The third-order valence-corrected chi connectivity index (χ3v) is 4.80. The van der Waals surface area contributed by atoms with Crippen LogP contribution in [0.4, 0.5) is 0 Å². The van der Waals surface area contributed by atoms with Crippen LogP contribution in [0.1, 0.15) is 57.6 Å². The minimum Gasteiger partial charge on any atom is -0.490 e. The Morgan fingerprint density at radius 3 is 2.38 bits per heavy atom. The number of carbonyl (C=O) groups is 2. The molecule has 0 bridgehead atoms. The van der Waals surface area contributed by atoms with Gasteiger partial charge in [-0.3, -0.25) is 9.59 Å². The number of carbonyl (C=O) groups excluding carboxylic acids is 2. The predicted octanol–water partition coefficient (Wildman–Crippen LogP) is 3.62. The maximum atomic E-state index is 12.2. The van der Waals surface area contributed by atoms with Crippen LogP contribution < -0.4 is 4.74 Å². The molecular weight excluding hydrogens is 330 g/mol. The number of hydrogen-bond donors (Lipinski definition) is 0. The van der Waals surface area contributed by atoms with Gasteiger partial charge < -0.3 is 14.4 Å². The summed E-state index contributed by atoms with van der Waals surface area (Å²) < 4.78 is 10.9. The number of aryl methyl sites for hydroxylation is 1. The minimum atomic E-state index is -0.342. The van der Waals surface area contributed by atoms with E-state index >= 15 is 0 Å². The Balaban J connectivity index is 1.92. The zero-order chi connectivity index (χ0) is 19.3. The number of ether oxygens (including phenoxy) is 2. The van der Waals surface area contributed by atoms with Gasteiger partial charge in [-0.2, -0.15) is 0 Å². The summed E-state index contributed by atoms with van der Waals surface area (Å²) >= 11 is 0. The summed E-state index contributed by atoms with van der Waals surface area (Å²) in [5, 5.41) is 0. The molecule has 1 amide bonds. The molecule has 0 aromatic heterocycles. The van der Waals surface area contributed by atoms with Crippen LogP contribution in [0.5, 0.6) is 5.75 Å². The number of benzene rings is 1.